The summed E-state index contributed by atoms with van der Waals surface area (Å²) in [5.41, 5.74) is 0. The van der Waals surface area contributed by atoms with Crippen LogP contribution in [0.25, 0.3) is 0 Å². The van der Waals surface area contributed by atoms with Crippen LogP contribution in [0.4, 0.5) is 0 Å². The van der Waals surface area contributed by atoms with Crippen molar-refractivity contribution in [1.29, 1.82) is 0 Å². The van der Waals surface area contributed by atoms with Crippen molar-refractivity contribution in [2.75, 3.05) is 26.8 Å². The highest BCUT2D eigenvalue weighted by Gasteiger charge is 2.25. The fraction of sp³-hybridized carbons (Fsp3) is 1.00. The molecule has 1 unspecified atom stereocenters. The second-order valence-corrected chi connectivity index (χ2v) is 5.49. The Kier molecular flexibility index (Phi) is 4.62. The van der Waals surface area contributed by atoms with E-state index in [0.29, 0.717) is 6.04 Å². The molecule has 2 fully saturated rings. The smallest absolute Gasteiger partial charge is 0.0541 e. The summed E-state index contributed by atoms with van der Waals surface area (Å²) in [6.07, 6.45) is 6.78. The minimum Gasteiger partial charge on any atom is -0.393 e. The molecule has 2 rings (SSSR count). The molecule has 1 saturated heterocycles. The first-order valence-electron chi connectivity index (χ1n) is 6.71. The van der Waals surface area contributed by atoms with Gasteiger partial charge in [-0.25, -0.2) is 0 Å². The first kappa shape index (κ1) is 12.3. The van der Waals surface area contributed by atoms with Gasteiger partial charge in [-0.1, -0.05) is 0 Å². The molecule has 1 atom stereocenters. The van der Waals surface area contributed by atoms with Gasteiger partial charge in [0.25, 0.3) is 0 Å². The van der Waals surface area contributed by atoms with E-state index in [2.05, 4.69) is 11.9 Å². The van der Waals surface area contributed by atoms with E-state index >= 15 is 0 Å². The van der Waals surface area contributed by atoms with Gasteiger partial charge < -0.3 is 14.7 Å². The van der Waals surface area contributed by atoms with Gasteiger partial charge in [0.1, 0.15) is 0 Å². The second kappa shape index (κ2) is 5.99. The topological polar surface area (TPSA) is 32.7 Å². The Labute approximate surface area is 98.8 Å². The Bertz CT molecular complexity index is 196. The zero-order valence-corrected chi connectivity index (χ0v) is 10.4. The predicted molar refractivity (Wildman–Crippen MR) is 64.4 cm³/mol. The Morgan fingerprint density at radius 1 is 1.19 bits per heavy atom. The lowest BCUT2D eigenvalue weighted by Crippen LogP contribution is -2.40. The van der Waals surface area contributed by atoms with Crippen molar-refractivity contribution < 1.29 is 9.84 Å². The molecule has 1 aliphatic heterocycles. The molecule has 1 aliphatic carbocycles. The molecule has 3 heteroatoms. The van der Waals surface area contributed by atoms with Crippen LogP contribution in [0.5, 0.6) is 0 Å². The largest absolute Gasteiger partial charge is 0.393 e. The van der Waals surface area contributed by atoms with Crippen LogP contribution in [-0.2, 0) is 4.74 Å². The van der Waals surface area contributed by atoms with Crippen LogP contribution in [0.3, 0.4) is 0 Å². The van der Waals surface area contributed by atoms with Crippen molar-refractivity contribution in [1.82, 2.24) is 4.90 Å². The van der Waals surface area contributed by atoms with E-state index in [1.54, 1.807) is 0 Å². The van der Waals surface area contributed by atoms with Crippen LogP contribution < -0.4 is 0 Å². The molecule has 0 radical (unpaired) electrons. The van der Waals surface area contributed by atoms with E-state index in [1.807, 2.05) is 0 Å². The van der Waals surface area contributed by atoms with E-state index in [0.717, 1.165) is 44.8 Å². The highest BCUT2D eigenvalue weighted by molar-refractivity contribution is 4.79. The zero-order valence-electron chi connectivity index (χ0n) is 10.4. The maximum atomic E-state index is 9.49. The molecule has 0 aromatic carbocycles. The average molecular weight is 227 g/mol. The molecule has 0 bridgehead atoms. The quantitative estimate of drug-likeness (QED) is 0.795. The molecule has 1 saturated carbocycles. The zero-order chi connectivity index (χ0) is 11.4. The average Bonchev–Trinajstić information content (AvgIpc) is 2.31. The minimum absolute atomic E-state index is 0.0392. The van der Waals surface area contributed by atoms with Crippen molar-refractivity contribution in [3.63, 3.8) is 0 Å². The lowest BCUT2D eigenvalue weighted by molar-refractivity contribution is 0.0257. The Morgan fingerprint density at radius 3 is 2.56 bits per heavy atom. The normalized spacial score (nSPS) is 36.6. The second-order valence-electron chi connectivity index (χ2n) is 5.49. The van der Waals surface area contributed by atoms with Gasteiger partial charge in [0, 0.05) is 19.2 Å². The first-order chi connectivity index (χ1) is 7.75. The summed E-state index contributed by atoms with van der Waals surface area (Å²) in [5, 5.41) is 9.49. The van der Waals surface area contributed by atoms with Gasteiger partial charge in [0.05, 0.1) is 12.7 Å². The minimum atomic E-state index is -0.0392. The summed E-state index contributed by atoms with van der Waals surface area (Å²) in [6, 6.07) is 0.685. The summed E-state index contributed by atoms with van der Waals surface area (Å²) in [7, 11) is 2.23. The van der Waals surface area contributed by atoms with E-state index < -0.39 is 0 Å². The molecule has 16 heavy (non-hydrogen) atoms. The number of aliphatic hydroxyl groups is 1. The molecule has 0 amide bonds. The van der Waals surface area contributed by atoms with E-state index in [9.17, 15) is 5.11 Å². The molecule has 1 heterocycles. The van der Waals surface area contributed by atoms with Crippen molar-refractivity contribution in [2.45, 2.75) is 50.7 Å². The number of ether oxygens (including phenoxy) is 1. The standard InChI is InChI=1S/C13H25NO2/c1-14(9-11-3-2-8-16-10-11)12-4-6-13(15)7-5-12/h11-13,15H,2-10H2,1H3. The summed E-state index contributed by atoms with van der Waals surface area (Å²) >= 11 is 0. The van der Waals surface area contributed by atoms with Gasteiger partial charge in [-0.15, -0.1) is 0 Å². The predicted octanol–water partition coefficient (Wildman–Crippen LogP) is 1.65. The van der Waals surface area contributed by atoms with Crippen LogP contribution in [0, 0.1) is 5.92 Å². The van der Waals surface area contributed by atoms with Gasteiger partial charge in [-0.05, 0) is 51.5 Å². The molecular weight excluding hydrogens is 202 g/mol. The number of rotatable bonds is 3. The van der Waals surface area contributed by atoms with E-state index in [1.165, 1.54) is 19.4 Å². The maximum absolute atomic E-state index is 9.49. The highest BCUT2D eigenvalue weighted by Crippen LogP contribution is 2.24. The lowest BCUT2D eigenvalue weighted by Gasteiger charge is -2.36. The van der Waals surface area contributed by atoms with Crippen LogP contribution in [-0.4, -0.2) is 49.0 Å². The van der Waals surface area contributed by atoms with Gasteiger partial charge in [0.15, 0.2) is 0 Å². The number of aliphatic hydroxyl groups excluding tert-OH is 1. The Hall–Kier alpha value is -0.120. The van der Waals surface area contributed by atoms with Crippen LogP contribution in [0.1, 0.15) is 38.5 Å². The number of nitrogens with zero attached hydrogens (tertiary/aromatic N) is 1. The molecule has 2 aliphatic rings. The van der Waals surface area contributed by atoms with E-state index in [-0.39, 0.29) is 6.10 Å². The lowest BCUT2D eigenvalue weighted by atomic mass is 9.91. The Morgan fingerprint density at radius 2 is 1.94 bits per heavy atom. The first-order valence-corrected chi connectivity index (χ1v) is 6.71. The van der Waals surface area contributed by atoms with Gasteiger partial charge in [-0.2, -0.15) is 0 Å². The van der Waals surface area contributed by atoms with Gasteiger partial charge >= 0.3 is 0 Å². The molecule has 3 nitrogen and oxygen atoms in total. The third-order valence-electron chi connectivity index (χ3n) is 4.09. The summed E-state index contributed by atoms with van der Waals surface area (Å²) in [5.74, 6) is 0.727. The van der Waals surface area contributed by atoms with Gasteiger partial charge in [0.2, 0.25) is 0 Å². The van der Waals surface area contributed by atoms with Crippen molar-refractivity contribution in [3.05, 3.63) is 0 Å². The SMILES string of the molecule is CN(CC1CCCOC1)C1CCC(O)CC1. The Balaban J connectivity index is 1.72. The molecule has 1 N–H and O–H groups in total. The van der Waals surface area contributed by atoms with E-state index in [4.69, 9.17) is 4.74 Å². The summed E-state index contributed by atoms with van der Waals surface area (Å²) in [4.78, 5) is 2.49. The van der Waals surface area contributed by atoms with Crippen LogP contribution in [0.15, 0.2) is 0 Å². The third-order valence-corrected chi connectivity index (χ3v) is 4.09. The van der Waals surface area contributed by atoms with Crippen molar-refractivity contribution >= 4 is 0 Å². The summed E-state index contributed by atoms with van der Waals surface area (Å²) in [6.45, 7) is 3.07. The molecule has 0 aromatic rings. The van der Waals surface area contributed by atoms with Gasteiger partial charge in [-0.3, -0.25) is 0 Å². The molecule has 0 spiro atoms. The monoisotopic (exact) mass is 227 g/mol. The maximum Gasteiger partial charge on any atom is 0.0541 e. The highest BCUT2D eigenvalue weighted by atomic mass is 16.5. The third kappa shape index (κ3) is 3.44. The molecular formula is C13H25NO2. The van der Waals surface area contributed by atoms with Crippen molar-refractivity contribution in [2.24, 2.45) is 5.92 Å². The van der Waals surface area contributed by atoms with Crippen LogP contribution in [0.2, 0.25) is 0 Å². The fourth-order valence-corrected chi connectivity index (χ4v) is 3.01. The molecule has 94 valence electrons. The number of hydrogen-bond donors (Lipinski definition) is 1. The molecule has 0 aromatic heterocycles. The number of hydrogen-bond acceptors (Lipinski definition) is 3. The summed E-state index contributed by atoms with van der Waals surface area (Å²) < 4.78 is 5.52. The van der Waals surface area contributed by atoms with Crippen LogP contribution >= 0.6 is 0 Å². The fourth-order valence-electron chi connectivity index (χ4n) is 3.01. The van der Waals surface area contributed by atoms with Crippen molar-refractivity contribution in [3.8, 4) is 0 Å².